The number of aromatic nitrogens is 1. The summed E-state index contributed by atoms with van der Waals surface area (Å²) in [7, 11) is 0. The third kappa shape index (κ3) is 5.07. The highest BCUT2D eigenvalue weighted by Crippen LogP contribution is 2.38. The van der Waals surface area contributed by atoms with Crippen molar-refractivity contribution in [2.24, 2.45) is 0 Å². The topological polar surface area (TPSA) is 60.3 Å². The predicted octanol–water partition coefficient (Wildman–Crippen LogP) is 4.65. The van der Waals surface area contributed by atoms with Gasteiger partial charge in [-0.15, -0.1) is 0 Å². The van der Waals surface area contributed by atoms with E-state index in [-0.39, 0.29) is 5.69 Å². The number of alkyl halides is 3. The van der Waals surface area contributed by atoms with E-state index in [0.29, 0.717) is 6.04 Å². The number of nitrogens with one attached hydrogen (secondary N) is 1. The lowest BCUT2D eigenvalue weighted by Gasteiger charge is -2.13. The van der Waals surface area contributed by atoms with Crippen LogP contribution in [0.15, 0.2) is 36.4 Å². The van der Waals surface area contributed by atoms with Crippen molar-refractivity contribution in [2.75, 3.05) is 11.9 Å². The smallest absolute Gasteiger partial charge is 0.418 e. The molecule has 1 fully saturated rings. The van der Waals surface area contributed by atoms with Gasteiger partial charge in [0.05, 0.1) is 11.3 Å². The van der Waals surface area contributed by atoms with Crippen LogP contribution in [-0.2, 0) is 20.5 Å². The first-order valence-electron chi connectivity index (χ1n) is 9.16. The van der Waals surface area contributed by atoms with E-state index in [1.165, 1.54) is 18.2 Å². The molecule has 1 aromatic heterocycles. The molecule has 1 aromatic carbocycles. The van der Waals surface area contributed by atoms with Gasteiger partial charge in [0.2, 0.25) is 0 Å². The van der Waals surface area contributed by atoms with Crippen LogP contribution >= 0.6 is 0 Å². The fourth-order valence-corrected chi connectivity index (χ4v) is 3.23. The van der Waals surface area contributed by atoms with E-state index in [0.717, 1.165) is 41.9 Å². The van der Waals surface area contributed by atoms with Gasteiger partial charge in [-0.2, -0.15) is 13.2 Å². The summed E-state index contributed by atoms with van der Waals surface area (Å²) >= 11 is 0. The van der Waals surface area contributed by atoms with E-state index in [2.05, 4.69) is 9.88 Å². The van der Waals surface area contributed by atoms with Gasteiger partial charge in [0.1, 0.15) is 0 Å². The number of ether oxygens (including phenoxy) is 1. The molecule has 0 spiro atoms. The molecule has 0 saturated heterocycles. The van der Waals surface area contributed by atoms with Crippen molar-refractivity contribution in [1.29, 1.82) is 0 Å². The van der Waals surface area contributed by atoms with Gasteiger partial charge in [-0.3, -0.25) is 4.79 Å². The maximum Gasteiger partial charge on any atom is 0.418 e. The van der Waals surface area contributed by atoms with Gasteiger partial charge in [0.25, 0.3) is 5.91 Å². The van der Waals surface area contributed by atoms with Gasteiger partial charge in [-0.25, -0.2) is 4.79 Å². The Morgan fingerprint density at radius 3 is 2.59 bits per heavy atom. The molecule has 3 rings (SSSR count). The van der Waals surface area contributed by atoms with Gasteiger partial charge >= 0.3 is 12.1 Å². The lowest BCUT2D eigenvalue weighted by atomic mass is 10.1. The van der Waals surface area contributed by atoms with E-state index in [4.69, 9.17) is 4.74 Å². The fraction of sp³-hybridized carbons (Fsp3) is 0.333. The van der Waals surface area contributed by atoms with Crippen molar-refractivity contribution < 1.29 is 27.5 Å². The summed E-state index contributed by atoms with van der Waals surface area (Å²) in [5.74, 6) is -1.60. The molecule has 5 nitrogen and oxygen atoms in total. The highest BCUT2D eigenvalue weighted by molar-refractivity contribution is 5.95. The zero-order valence-corrected chi connectivity index (χ0v) is 16.0. The first kappa shape index (κ1) is 20.7. The Bertz CT molecular complexity index is 957. The number of carbonyl (C=O) groups excluding carboxylic acids is 2. The molecule has 154 valence electrons. The number of nitrogens with zero attached hydrogens (tertiary/aromatic N) is 1. The molecule has 0 unspecified atom stereocenters. The number of halogens is 3. The van der Waals surface area contributed by atoms with Gasteiger partial charge in [0.15, 0.2) is 6.61 Å². The van der Waals surface area contributed by atoms with Crippen molar-refractivity contribution in [3.05, 3.63) is 58.9 Å². The van der Waals surface area contributed by atoms with Crippen LogP contribution < -0.4 is 5.32 Å². The summed E-state index contributed by atoms with van der Waals surface area (Å²) in [4.78, 5) is 23.7. The third-order valence-electron chi connectivity index (χ3n) is 4.69. The maximum absolute atomic E-state index is 12.9. The first-order valence-corrected chi connectivity index (χ1v) is 9.16. The Balaban J connectivity index is 1.56. The molecule has 1 saturated carbocycles. The molecule has 8 heteroatoms. The molecule has 1 N–H and O–H groups in total. The molecule has 29 heavy (non-hydrogen) atoms. The lowest BCUT2D eigenvalue weighted by molar-refractivity contribution is -0.142. The van der Waals surface area contributed by atoms with Crippen LogP contribution in [0.2, 0.25) is 0 Å². The maximum atomic E-state index is 12.9. The second kappa shape index (κ2) is 8.14. The summed E-state index contributed by atoms with van der Waals surface area (Å²) in [6.45, 7) is 3.29. The summed E-state index contributed by atoms with van der Waals surface area (Å²) in [6, 6.07) is 7.09. The van der Waals surface area contributed by atoms with E-state index < -0.39 is 30.2 Å². The monoisotopic (exact) mass is 406 g/mol. The first-order chi connectivity index (χ1) is 13.7. The third-order valence-corrected chi connectivity index (χ3v) is 4.69. The number of aryl methyl sites for hydroxylation is 1. The van der Waals surface area contributed by atoms with Crippen LogP contribution in [-0.4, -0.2) is 23.1 Å². The van der Waals surface area contributed by atoms with Crippen LogP contribution in [0.3, 0.4) is 0 Å². The Kier molecular flexibility index (Phi) is 5.81. The number of esters is 1. The number of rotatable bonds is 6. The standard InChI is InChI=1S/C21H21F3N2O3/c1-13-11-15(14(2)26(13)16-8-9-16)7-10-20(28)29-12-19(27)25-18-6-4-3-5-17(18)21(22,23)24/h3-7,10-11,16H,8-9,12H2,1-2H3,(H,25,27)/b10-7+. The minimum atomic E-state index is -4.60. The molecule has 0 bridgehead atoms. The van der Waals surface area contributed by atoms with Crippen molar-refractivity contribution >= 4 is 23.6 Å². The van der Waals surface area contributed by atoms with Gasteiger partial charge < -0.3 is 14.6 Å². The second-order valence-corrected chi connectivity index (χ2v) is 6.96. The van der Waals surface area contributed by atoms with Gasteiger partial charge in [-0.1, -0.05) is 12.1 Å². The minimum absolute atomic E-state index is 0.385. The SMILES string of the molecule is Cc1cc(/C=C/C(=O)OCC(=O)Nc2ccccc2C(F)(F)F)c(C)n1C1CC1. The molecular weight excluding hydrogens is 385 g/mol. The number of benzene rings is 1. The molecule has 1 heterocycles. The van der Waals surface area contributed by atoms with Crippen LogP contribution in [0.25, 0.3) is 6.08 Å². The summed E-state index contributed by atoms with van der Waals surface area (Å²) in [5, 5.41) is 2.12. The van der Waals surface area contributed by atoms with E-state index in [1.54, 1.807) is 6.08 Å². The van der Waals surface area contributed by atoms with Crippen LogP contribution in [0.1, 0.15) is 41.4 Å². The molecule has 1 aliphatic rings. The normalized spacial score (nSPS) is 14.2. The average molecular weight is 406 g/mol. The van der Waals surface area contributed by atoms with Crippen molar-refractivity contribution in [3.8, 4) is 0 Å². The Morgan fingerprint density at radius 1 is 1.24 bits per heavy atom. The zero-order valence-electron chi connectivity index (χ0n) is 16.0. The molecule has 0 atom stereocenters. The Morgan fingerprint density at radius 2 is 1.93 bits per heavy atom. The molecule has 1 aliphatic carbocycles. The lowest BCUT2D eigenvalue weighted by Crippen LogP contribution is -2.22. The highest BCUT2D eigenvalue weighted by Gasteiger charge is 2.33. The summed E-state index contributed by atoms with van der Waals surface area (Å²) in [5.41, 5.74) is 1.70. The predicted molar refractivity (Wildman–Crippen MR) is 102 cm³/mol. The highest BCUT2D eigenvalue weighted by atomic mass is 19.4. The second-order valence-electron chi connectivity index (χ2n) is 6.96. The number of anilines is 1. The van der Waals surface area contributed by atoms with Crippen LogP contribution in [0.4, 0.5) is 18.9 Å². The number of amides is 1. The number of para-hydroxylation sites is 1. The molecule has 0 radical (unpaired) electrons. The van der Waals surface area contributed by atoms with E-state index in [9.17, 15) is 22.8 Å². The van der Waals surface area contributed by atoms with Crippen molar-refractivity contribution in [3.63, 3.8) is 0 Å². The fourth-order valence-electron chi connectivity index (χ4n) is 3.23. The largest absolute Gasteiger partial charge is 0.452 e. The Hall–Kier alpha value is -3.03. The quantitative estimate of drug-likeness (QED) is 0.561. The Labute approximate surface area is 166 Å². The van der Waals surface area contributed by atoms with Crippen LogP contribution in [0, 0.1) is 13.8 Å². The molecule has 0 aliphatic heterocycles. The van der Waals surface area contributed by atoms with Gasteiger partial charge in [-0.05, 0) is 56.5 Å². The van der Waals surface area contributed by atoms with E-state index in [1.807, 2.05) is 19.9 Å². The van der Waals surface area contributed by atoms with E-state index >= 15 is 0 Å². The van der Waals surface area contributed by atoms with Crippen molar-refractivity contribution in [2.45, 2.75) is 38.9 Å². The molecular formula is C21H21F3N2O3. The molecule has 2 aromatic rings. The number of hydrogen-bond acceptors (Lipinski definition) is 3. The zero-order chi connectivity index (χ0) is 21.2. The molecule has 1 amide bonds. The van der Waals surface area contributed by atoms with Gasteiger partial charge in [0, 0.05) is 23.5 Å². The minimum Gasteiger partial charge on any atom is -0.452 e. The van der Waals surface area contributed by atoms with Crippen LogP contribution in [0.5, 0.6) is 0 Å². The number of carbonyl (C=O) groups is 2. The summed E-state index contributed by atoms with van der Waals surface area (Å²) < 4.78 is 45.9. The average Bonchev–Trinajstić information content (AvgIpc) is 3.43. The number of hydrogen-bond donors (Lipinski definition) is 1. The van der Waals surface area contributed by atoms with Crippen molar-refractivity contribution in [1.82, 2.24) is 4.57 Å². The summed E-state index contributed by atoms with van der Waals surface area (Å²) in [6.07, 6.45) is 0.509.